The van der Waals surface area contributed by atoms with Crippen LogP contribution in [0.2, 0.25) is 0 Å². The molecule has 152 valence electrons. The molecule has 2 aliphatic rings. The third-order valence-electron chi connectivity index (χ3n) is 6.83. The Bertz CT molecular complexity index is 465. The molecule has 2 saturated carbocycles. The van der Waals surface area contributed by atoms with Crippen molar-refractivity contribution in [1.82, 2.24) is 0 Å². The Morgan fingerprint density at radius 1 is 1.12 bits per heavy atom. The van der Waals surface area contributed by atoms with E-state index in [2.05, 4.69) is 55.0 Å². The van der Waals surface area contributed by atoms with Gasteiger partial charge in [-0.25, -0.2) is 0 Å². The molecular formula is C24H44O2. The summed E-state index contributed by atoms with van der Waals surface area (Å²) >= 11 is 0. The van der Waals surface area contributed by atoms with Crippen LogP contribution in [0.4, 0.5) is 0 Å². The predicted octanol–water partition coefficient (Wildman–Crippen LogP) is 6.93. The summed E-state index contributed by atoms with van der Waals surface area (Å²) < 4.78 is 12.4. The molecule has 26 heavy (non-hydrogen) atoms. The second-order valence-electron chi connectivity index (χ2n) is 10.3. The zero-order valence-electron chi connectivity index (χ0n) is 18.6. The highest BCUT2D eigenvalue weighted by atomic mass is 16.5. The Labute approximate surface area is 163 Å². The first kappa shape index (κ1) is 22.0. The van der Waals surface area contributed by atoms with Crippen molar-refractivity contribution in [2.75, 3.05) is 0 Å². The second kappa shape index (κ2) is 8.78. The molecule has 0 aromatic heterocycles. The van der Waals surface area contributed by atoms with E-state index in [0.29, 0.717) is 29.6 Å². The van der Waals surface area contributed by atoms with E-state index in [0.717, 1.165) is 18.8 Å². The van der Waals surface area contributed by atoms with Crippen LogP contribution in [0.3, 0.4) is 0 Å². The van der Waals surface area contributed by atoms with Gasteiger partial charge < -0.3 is 9.47 Å². The molecule has 0 aliphatic heterocycles. The minimum absolute atomic E-state index is 0.0302. The minimum atomic E-state index is -0.0302. The number of hydrogen-bond donors (Lipinski definition) is 0. The monoisotopic (exact) mass is 364 g/mol. The van der Waals surface area contributed by atoms with E-state index in [-0.39, 0.29) is 5.60 Å². The number of fused-ring (bicyclic) bond motifs is 1. The van der Waals surface area contributed by atoms with E-state index >= 15 is 0 Å². The molecule has 2 heteroatoms. The maximum atomic E-state index is 6.31. The van der Waals surface area contributed by atoms with Gasteiger partial charge in [0.05, 0.1) is 23.9 Å². The van der Waals surface area contributed by atoms with Gasteiger partial charge in [0.15, 0.2) is 0 Å². The van der Waals surface area contributed by atoms with E-state index in [1.807, 2.05) is 0 Å². The third kappa shape index (κ3) is 5.35. The molecule has 2 rings (SSSR count). The van der Waals surface area contributed by atoms with Gasteiger partial charge in [-0.3, -0.25) is 0 Å². The van der Waals surface area contributed by atoms with Crippen LogP contribution in [0.5, 0.6) is 0 Å². The van der Waals surface area contributed by atoms with E-state index in [1.54, 1.807) is 0 Å². The van der Waals surface area contributed by atoms with Gasteiger partial charge in [-0.15, -0.1) is 0 Å². The lowest BCUT2D eigenvalue weighted by Gasteiger charge is -2.46. The van der Waals surface area contributed by atoms with E-state index in [9.17, 15) is 0 Å². The zero-order valence-corrected chi connectivity index (χ0v) is 18.6. The number of rotatable bonds is 9. The van der Waals surface area contributed by atoms with Gasteiger partial charge in [-0.2, -0.15) is 0 Å². The fourth-order valence-corrected chi connectivity index (χ4v) is 5.91. The fraction of sp³-hybridized carbons (Fsp3) is 0.917. The van der Waals surface area contributed by atoms with E-state index in [4.69, 9.17) is 9.47 Å². The predicted molar refractivity (Wildman–Crippen MR) is 111 cm³/mol. The van der Waals surface area contributed by atoms with Crippen molar-refractivity contribution >= 4 is 0 Å². The molecule has 0 heterocycles. The average Bonchev–Trinajstić information content (AvgIpc) is 2.83. The number of allylic oxidation sites excluding steroid dienone is 1. The van der Waals surface area contributed by atoms with Crippen LogP contribution in [0.25, 0.3) is 0 Å². The van der Waals surface area contributed by atoms with Crippen molar-refractivity contribution in [2.45, 2.75) is 124 Å². The minimum Gasteiger partial charge on any atom is -0.375 e. The van der Waals surface area contributed by atoms with Gasteiger partial charge in [-0.05, 0) is 104 Å². The zero-order chi connectivity index (χ0) is 19.5. The maximum Gasteiger partial charge on any atom is 0.0630 e. The molecule has 2 aliphatic carbocycles. The Hall–Kier alpha value is -0.340. The summed E-state index contributed by atoms with van der Waals surface area (Å²) in [4.78, 5) is 0. The first-order chi connectivity index (χ1) is 12.0. The summed E-state index contributed by atoms with van der Waals surface area (Å²) in [6, 6.07) is 0. The third-order valence-corrected chi connectivity index (χ3v) is 6.83. The molecular weight excluding hydrogens is 320 g/mol. The molecule has 0 N–H and O–H groups in total. The van der Waals surface area contributed by atoms with Crippen LogP contribution in [-0.4, -0.2) is 23.9 Å². The Kier molecular flexibility index (Phi) is 7.41. The molecule has 4 atom stereocenters. The standard InChI is InChI=1S/C24H44O2/c1-17(2)25-22-12-10-16-24(8)20(13-14-21(22)24)19(5)11-9-15-23(6,7)26-18(3)4/h17-18,20-22H,5,9-16H2,1-4,6-8H3. The summed E-state index contributed by atoms with van der Waals surface area (Å²) in [5, 5.41) is 0. The van der Waals surface area contributed by atoms with Gasteiger partial charge in [0.2, 0.25) is 0 Å². The molecule has 0 radical (unpaired) electrons. The van der Waals surface area contributed by atoms with Crippen molar-refractivity contribution in [3.8, 4) is 0 Å². The Balaban J connectivity index is 1.91. The quantitative estimate of drug-likeness (QED) is 0.413. The van der Waals surface area contributed by atoms with Crippen LogP contribution in [0.15, 0.2) is 12.2 Å². The summed E-state index contributed by atoms with van der Waals surface area (Å²) in [5.74, 6) is 1.40. The SMILES string of the molecule is C=C(CCCC(C)(C)OC(C)C)C1CCC2C(OC(C)C)CCCC12C. The fourth-order valence-electron chi connectivity index (χ4n) is 5.91. The highest BCUT2D eigenvalue weighted by Gasteiger charge is 2.52. The van der Waals surface area contributed by atoms with Crippen molar-refractivity contribution in [3.63, 3.8) is 0 Å². The Morgan fingerprint density at radius 2 is 1.81 bits per heavy atom. The van der Waals surface area contributed by atoms with Gasteiger partial charge >= 0.3 is 0 Å². The highest BCUT2D eigenvalue weighted by Crippen LogP contribution is 2.58. The summed E-state index contributed by atoms with van der Waals surface area (Å²) in [6.07, 6.45) is 11.1. The summed E-state index contributed by atoms with van der Waals surface area (Å²) in [5.41, 5.74) is 1.86. The summed E-state index contributed by atoms with van der Waals surface area (Å²) in [6.45, 7) is 20.1. The van der Waals surface area contributed by atoms with Crippen LogP contribution < -0.4 is 0 Å². The van der Waals surface area contributed by atoms with Crippen molar-refractivity contribution in [3.05, 3.63) is 12.2 Å². The van der Waals surface area contributed by atoms with Gasteiger partial charge in [0.25, 0.3) is 0 Å². The van der Waals surface area contributed by atoms with Crippen molar-refractivity contribution in [2.24, 2.45) is 17.3 Å². The average molecular weight is 365 g/mol. The van der Waals surface area contributed by atoms with Crippen LogP contribution in [-0.2, 0) is 9.47 Å². The molecule has 0 bridgehead atoms. The van der Waals surface area contributed by atoms with Crippen molar-refractivity contribution in [1.29, 1.82) is 0 Å². The smallest absolute Gasteiger partial charge is 0.0630 e. The van der Waals surface area contributed by atoms with Crippen molar-refractivity contribution < 1.29 is 9.47 Å². The summed E-state index contributed by atoms with van der Waals surface area (Å²) in [7, 11) is 0. The number of ether oxygens (including phenoxy) is 2. The van der Waals surface area contributed by atoms with Gasteiger partial charge in [0.1, 0.15) is 0 Å². The largest absolute Gasteiger partial charge is 0.375 e. The lowest BCUT2D eigenvalue weighted by atomic mass is 9.62. The van der Waals surface area contributed by atoms with Crippen LogP contribution in [0, 0.1) is 17.3 Å². The number of hydrogen-bond acceptors (Lipinski definition) is 2. The van der Waals surface area contributed by atoms with E-state index < -0.39 is 0 Å². The molecule has 2 nitrogen and oxygen atoms in total. The molecule has 4 unspecified atom stereocenters. The second-order valence-corrected chi connectivity index (χ2v) is 10.3. The molecule has 0 spiro atoms. The molecule has 0 amide bonds. The molecule has 0 saturated heterocycles. The lowest BCUT2D eigenvalue weighted by molar-refractivity contribution is -0.0845. The van der Waals surface area contributed by atoms with Gasteiger partial charge in [0, 0.05) is 0 Å². The normalized spacial score (nSPS) is 32.3. The first-order valence-corrected chi connectivity index (χ1v) is 11.1. The van der Waals surface area contributed by atoms with Crippen LogP contribution >= 0.6 is 0 Å². The molecule has 0 aromatic carbocycles. The maximum absolute atomic E-state index is 6.31. The Morgan fingerprint density at radius 3 is 2.42 bits per heavy atom. The highest BCUT2D eigenvalue weighted by molar-refractivity contribution is 5.14. The molecule has 2 fully saturated rings. The topological polar surface area (TPSA) is 18.5 Å². The van der Waals surface area contributed by atoms with Gasteiger partial charge in [-0.1, -0.05) is 25.5 Å². The lowest BCUT2D eigenvalue weighted by Crippen LogP contribution is -2.42. The first-order valence-electron chi connectivity index (χ1n) is 11.1. The van der Waals surface area contributed by atoms with Crippen LogP contribution in [0.1, 0.15) is 99.8 Å². The van der Waals surface area contributed by atoms with E-state index in [1.165, 1.54) is 44.1 Å². The molecule has 0 aromatic rings.